The zero-order valence-electron chi connectivity index (χ0n) is 16.2. The van der Waals surface area contributed by atoms with E-state index in [9.17, 15) is 18.3 Å². The highest BCUT2D eigenvalue weighted by molar-refractivity contribution is 7.93. The molecular weight excluding hydrogens is 372 g/mol. The Balaban J connectivity index is 2.53. The van der Waals surface area contributed by atoms with Crippen molar-refractivity contribution in [2.75, 3.05) is 21.3 Å². The van der Waals surface area contributed by atoms with Crippen molar-refractivity contribution in [3.05, 3.63) is 17.7 Å². The van der Waals surface area contributed by atoms with Gasteiger partial charge in [0.15, 0.2) is 21.3 Å². The number of methoxy groups -OCH3 is 3. The quantitative estimate of drug-likeness (QED) is 0.655. The molecule has 1 aromatic carbocycles. The monoisotopic (exact) mass is 399 g/mol. The molecule has 152 valence electrons. The predicted octanol–water partition coefficient (Wildman–Crippen LogP) is 1.68. The Morgan fingerprint density at radius 1 is 1.11 bits per heavy atom. The summed E-state index contributed by atoms with van der Waals surface area (Å²) >= 11 is 0. The van der Waals surface area contributed by atoms with Crippen LogP contribution in [0.5, 0.6) is 17.2 Å². The molecule has 1 fully saturated rings. The molecule has 7 nitrogen and oxygen atoms in total. The van der Waals surface area contributed by atoms with Crippen LogP contribution in [-0.2, 0) is 14.6 Å². The fraction of sp³-hybridized carbons (Fsp3) is 0.632. The largest absolute Gasteiger partial charge is 0.549 e. The molecule has 0 radical (unpaired) electrons. The SMILES string of the molecule is CCC(C(=O)[O-])S(=O)(=O)C1CCCCC1c1cc(OC)c(OC)c(OC)c1. The van der Waals surface area contributed by atoms with E-state index < -0.39 is 26.3 Å². The average Bonchev–Trinajstić information content (AvgIpc) is 2.66. The lowest BCUT2D eigenvalue weighted by molar-refractivity contribution is -0.305. The Labute approximate surface area is 160 Å². The zero-order chi connectivity index (χ0) is 20.2. The Morgan fingerprint density at radius 2 is 1.67 bits per heavy atom. The number of hydrogen-bond donors (Lipinski definition) is 0. The van der Waals surface area contributed by atoms with E-state index in [0.717, 1.165) is 18.4 Å². The predicted molar refractivity (Wildman–Crippen MR) is 99.1 cm³/mol. The van der Waals surface area contributed by atoms with Crippen LogP contribution < -0.4 is 19.3 Å². The lowest BCUT2D eigenvalue weighted by Gasteiger charge is -2.34. The van der Waals surface area contributed by atoms with Crippen molar-refractivity contribution in [1.82, 2.24) is 0 Å². The van der Waals surface area contributed by atoms with Gasteiger partial charge in [0, 0.05) is 5.92 Å². The standard InChI is InChI=1S/C19H28O7S/c1-5-16(19(20)21)27(22,23)17-9-7-6-8-13(17)12-10-14(24-2)18(26-4)15(11-12)25-3/h10-11,13,16-17H,5-9H2,1-4H3,(H,20,21)/p-1. The van der Waals surface area contributed by atoms with Crippen LogP contribution in [0.4, 0.5) is 0 Å². The van der Waals surface area contributed by atoms with Crippen molar-refractivity contribution < 1.29 is 32.5 Å². The first kappa shape index (κ1) is 21.3. The lowest BCUT2D eigenvalue weighted by Crippen LogP contribution is -2.46. The van der Waals surface area contributed by atoms with E-state index >= 15 is 0 Å². The molecule has 1 aromatic rings. The lowest BCUT2D eigenvalue weighted by atomic mass is 9.83. The van der Waals surface area contributed by atoms with E-state index in [0.29, 0.717) is 30.1 Å². The molecule has 0 heterocycles. The van der Waals surface area contributed by atoms with Gasteiger partial charge in [-0.15, -0.1) is 0 Å². The normalized spacial score (nSPS) is 21.3. The first-order valence-electron chi connectivity index (χ1n) is 9.05. The molecule has 0 aromatic heterocycles. The zero-order valence-corrected chi connectivity index (χ0v) is 17.0. The Kier molecular flexibility index (Phi) is 6.97. The molecule has 1 saturated carbocycles. The number of carbonyl (C=O) groups is 1. The van der Waals surface area contributed by atoms with Crippen LogP contribution in [0.3, 0.4) is 0 Å². The summed E-state index contributed by atoms with van der Waals surface area (Å²) in [6.07, 6.45) is 2.67. The average molecular weight is 399 g/mol. The van der Waals surface area contributed by atoms with E-state index in [1.54, 1.807) is 19.1 Å². The maximum Gasteiger partial charge on any atom is 0.203 e. The van der Waals surface area contributed by atoms with Gasteiger partial charge in [0.2, 0.25) is 5.75 Å². The maximum absolute atomic E-state index is 13.1. The summed E-state index contributed by atoms with van der Waals surface area (Å²) in [5.74, 6) is -0.557. The van der Waals surface area contributed by atoms with Gasteiger partial charge < -0.3 is 24.1 Å². The van der Waals surface area contributed by atoms with Gasteiger partial charge >= 0.3 is 0 Å². The van der Waals surface area contributed by atoms with Crippen molar-refractivity contribution in [2.45, 2.75) is 55.4 Å². The highest BCUT2D eigenvalue weighted by atomic mass is 32.2. The van der Waals surface area contributed by atoms with E-state index in [1.165, 1.54) is 21.3 Å². The fourth-order valence-electron chi connectivity index (χ4n) is 3.93. The molecule has 8 heteroatoms. The molecule has 0 spiro atoms. The Bertz CT molecular complexity index is 747. The fourth-order valence-corrected chi connectivity index (χ4v) is 6.33. The number of hydrogen-bond acceptors (Lipinski definition) is 7. The van der Waals surface area contributed by atoms with Crippen molar-refractivity contribution in [3.63, 3.8) is 0 Å². The number of carboxylic acids is 1. The Morgan fingerprint density at radius 3 is 2.11 bits per heavy atom. The first-order valence-corrected chi connectivity index (χ1v) is 10.7. The van der Waals surface area contributed by atoms with Gasteiger partial charge in [0.25, 0.3) is 0 Å². The Hall–Kier alpha value is -1.96. The third-order valence-corrected chi connectivity index (χ3v) is 8.00. The summed E-state index contributed by atoms with van der Waals surface area (Å²) in [5.41, 5.74) is 0.742. The second kappa shape index (κ2) is 8.82. The number of ether oxygens (including phenoxy) is 3. The van der Waals surface area contributed by atoms with Gasteiger partial charge in [-0.1, -0.05) is 19.8 Å². The molecule has 1 aliphatic rings. The van der Waals surface area contributed by atoms with Crippen LogP contribution in [0.1, 0.15) is 50.5 Å². The molecule has 0 aliphatic heterocycles. The van der Waals surface area contributed by atoms with Gasteiger partial charge in [0.05, 0.1) is 32.5 Å². The smallest absolute Gasteiger partial charge is 0.203 e. The number of carboxylic acid groups (broad SMARTS) is 1. The maximum atomic E-state index is 13.1. The van der Waals surface area contributed by atoms with Crippen LogP contribution in [0.15, 0.2) is 12.1 Å². The van der Waals surface area contributed by atoms with Crippen LogP contribution in [0.2, 0.25) is 0 Å². The molecule has 1 aliphatic carbocycles. The molecule has 3 unspecified atom stereocenters. The second-order valence-electron chi connectivity index (χ2n) is 6.69. The first-order chi connectivity index (χ1) is 12.8. The van der Waals surface area contributed by atoms with Gasteiger partial charge in [-0.3, -0.25) is 0 Å². The van der Waals surface area contributed by atoms with Crippen LogP contribution in [0, 0.1) is 0 Å². The number of sulfone groups is 1. The van der Waals surface area contributed by atoms with Crippen molar-refractivity contribution in [3.8, 4) is 17.2 Å². The second-order valence-corrected chi connectivity index (χ2v) is 9.05. The van der Waals surface area contributed by atoms with Crippen LogP contribution in [0.25, 0.3) is 0 Å². The molecule has 0 bridgehead atoms. The number of rotatable bonds is 8. The molecule has 27 heavy (non-hydrogen) atoms. The highest BCUT2D eigenvalue weighted by Crippen LogP contribution is 2.45. The molecule has 0 amide bonds. The van der Waals surface area contributed by atoms with Gasteiger partial charge in [-0.25, -0.2) is 8.42 Å². The molecule has 0 saturated heterocycles. The van der Waals surface area contributed by atoms with Crippen LogP contribution >= 0.6 is 0 Å². The minimum atomic E-state index is -3.90. The summed E-state index contributed by atoms with van der Waals surface area (Å²) in [7, 11) is 0.598. The number of carbonyl (C=O) groups excluding carboxylic acids is 1. The molecule has 3 atom stereocenters. The molecular formula is C19H27O7S-. The number of aliphatic carboxylic acids is 1. The van der Waals surface area contributed by atoms with E-state index in [2.05, 4.69) is 0 Å². The van der Waals surface area contributed by atoms with Crippen molar-refractivity contribution in [1.29, 1.82) is 0 Å². The third-order valence-electron chi connectivity index (χ3n) is 5.27. The van der Waals surface area contributed by atoms with Crippen LogP contribution in [-0.4, -0.2) is 46.2 Å². The van der Waals surface area contributed by atoms with Crippen molar-refractivity contribution >= 4 is 15.8 Å². The van der Waals surface area contributed by atoms with Gasteiger partial charge in [-0.2, -0.15) is 0 Å². The van der Waals surface area contributed by atoms with E-state index in [-0.39, 0.29) is 12.3 Å². The molecule has 2 rings (SSSR count). The topological polar surface area (TPSA) is 102 Å². The van der Waals surface area contributed by atoms with Gasteiger partial charge in [0.1, 0.15) is 5.25 Å². The highest BCUT2D eigenvalue weighted by Gasteiger charge is 2.41. The minimum Gasteiger partial charge on any atom is -0.549 e. The van der Waals surface area contributed by atoms with E-state index in [4.69, 9.17) is 14.2 Å². The minimum absolute atomic E-state index is 0.0108. The third kappa shape index (κ3) is 4.15. The summed E-state index contributed by atoms with van der Waals surface area (Å²) in [4.78, 5) is 11.4. The summed E-state index contributed by atoms with van der Waals surface area (Å²) in [5, 5.41) is 9.12. The number of benzene rings is 1. The van der Waals surface area contributed by atoms with Crippen molar-refractivity contribution in [2.24, 2.45) is 0 Å². The van der Waals surface area contributed by atoms with Gasteiger partial charge in [-0.05, 0) is 37.0 Å². The van der Waals surface area contributed by atoms with E-state index in [1.807, 2.05) is 0 Å². The summed E-state index contributed by atoms with van der Waals surface area (Å²) in [6, 6.07) is 3.50. The summed E-state index contributed by atoms with van der Waals surface area (Å²) < 4.78 is 42.2. The molecule has 0 N–H and O–H groups in total. The summed E-state index contributed by atoms with van der Waals surface area (Å²) in [6.45, 7) is 1.55.